The van der Waals surface area contributed by atoms with Gasteiger partial charge >= 0.3 is 12.4 Å². The molecule has 0 radical (unpaired) electrons. The summed E-state index contributed by atoms with van der Waals surface area (Å²) in [6.07, 6.45) is -10.6. The number of hydrogen-bond donors (Lipinski definition) is 3. The molecular formula is C27H26F8N4O3S2. The van der Waals surface area contributed by atoms with E-state index in [1.807, 2.05) is 0 Å². The first-order valence-electron chi connectivity index (χ1n) is 12.9. The molecule has 2 aromatic carbocycles. The third-order valence-corrected chi connectivity index (χ3v) is 8.66. The van der Waals surface area contributed by atoms with E-state index in [1.54, 1.807) is 7.05 Å². The molecule has 0 amide bonds. The van der Waals surface area contributed by atoms with Gasteiger partial charge < -0.3 is 20.3 Å². The summed E-state index contributed by atoms with van der Waals surface area (Å²) in [5.74, 6) is 1.69. The molecule has 1 aliphatic heterocycles. The van der Waals surface area contributed by atoms with Crippen LogP contribution in [-0.4, -0.2) is 70.9 Å². The normalized spacial score (nSPS) is 17.6. The van der Waals surface area contributed by atoms with E-state index in [0.29, 0.717) is 11.2 Å². The molecular weight excluding hydrogens is 644 g/mol. The van der Waals surface area contributed by atoms with E-state index in [4.69, 9.17) is 9.88 Å². The molecule has 44 heavy (non-hydrogen) atoms. The summed E-state index contributed by atoms with van der Waals surface area (Å²) in [7, 11) is -2.70. The topological polar surface area (TPSA) is 96.7 Å². The molecule has 17 heteroatoms. The van der Waals surface area contributed by atoms with Crippen LogP contribution in [0.5, 0.6) is 5.75 Å². The Morgan fingerprint density at radius 1 is 1.11 bits per heavy atom. The van der Waals surface area contributed by atoms with Gasteiger partial charge in [-0.2, -0.15) is 26.3 Å². The number of fused-ring (bicyclic) bond motifs is 1. The standard InChI is InChI=1S/C27H26F8N4O3S2/c1-39-11-9-23(25(28,29)14-39)38-20-5-2-4-17-18(13-26(30,31)32)22(43-24(17)20)6-3-10-37-19-8-7-16(44(36,40)41)12-21(19)42-15-27(33,34)35/h2,4-5,7-8,12,23,37-38H,9-11,13-15H2,1H3,(H2,36,40,41). The lowest BCUT2D eigenvalue weighted by molar-refractivity contribution is -0.153. The van der Waals surface area contributed by atoms with Crippen molar-refractivity contribution in [1.82, 2.24) is 4.90 Å². The van der Waals surface area contributed by atoms with Crippen molar-refractivity contribution in [1.29, 1.82) is 0 Å². The second-order valence-corrected chi connectivity index (χ2v) is 12.7. The van der Waals surface area contributed by atoms with Gasteiger partial charge in [0.2, 0.25) is 10.0 Å². The van der Waals surface area contributed by atoms with E-state index in [-0.39, 0.29) is 40.2 Å². The lowest BCUT2D eigenvalue weighted by atomic mass is 10.0. The quantitative estimate of drug-likeness (QED) is 0.207. The van der Waals surface area contributed by atoms with Crippen LogP contribution in [0.3, 0.4) is 0 Å². The Labute approximate surface area is 251 Å². The van der Waals surface area contributed by atoms with Gasteiger partial charge in [-0.05, 0) is 42.6 Å². The third kappa shape index (κ3) is 8.65. The Kier molecular flexibility index (Phi) is 9.60. The molecule has 240 valence electrons. The number of piperidine rings is 1. The number of hydrogen-bond acceptors (Lipinski definition) is 7. The number of nitrogens with two attached hydrogens (primary N) is 1. The van der Waals surface area contributed by atoms with Crippen molar-refractivity contribution in [3.63, 3.8) is 0 Å². The van der Waals surface area contributed by atoms with Crippen LogP contribution in [0.25, 0.3) is 10.1 Å². The van der Waals surface area contributed by atoms with Crippen LogP contribution in [0, 0.1) is 11.8 Å². The Balaban J connectivity index is 1.63. The van der Waals surface area contributed by atoms with Crippen LogP contribution in [0.2, 0.25) is 0 Å². The molecule has 3 aromatic rings. The summed E-state index contributed by atoms with van der Waals surface area (Å²) in [5.41, 5.74) is 0.0292. The number of sulfonamides is 1. The van der Waals surface area contributed by atoms with Crippen LogP contribution in [0.4, 0.5) is 46.5 Å². The van der Waals surface area contributed by atoms with Crippen molar-refractivity contribution in [3.8, 4) is 17.6 Å². The first-order valence-corrected chi connectivity index (χ1v) is 15.2. The van der Waals surface area contributed by atoms with Gasteiger partial charge in [-0.3, -0.25) is 0 Å². The molecule has 2 heterocycles. The van der Waals surface area contributed by atoms with Crippen molar-refractivity contribution < 1.29 is 48.3 Å². The number of thiophene rings is 1. The Bertz CT molecular complexity index is 1680. The summed E-state index contributed by atoms with van der Waals surface area (Å²) in [5, 5.41) is 10.7. The highest BCUT2D eigenvalue weighted by Crippen LogP contribution is 2.40. The highest BCUT2D eigenvalue weighted by molar-refractivity contribution is 7.89. The predicted molar refractivity (Wildman–Crippen MR) is 151 cm³/mol. The van der Waals surface area contributed by atoms with Gasteiger partial charge in [0.05, 0.1) is 51.4 Å². The molecule has 0 bridgehead atoms. The first kappa shape index (κ1) is 33.6. The second kappa shape index (κ2) is 12.6. The predicted octanol–water partition coefficient (Wildman–Crippen LogP) is 5.81. The molecule has 4 N–H and O–H groups in total. The molecule has 1 saturated heterocycles. The SMILES string of the molecule is CN1CCC(Nc2cccc3c(CC(F)(F)F)c(C#CCNc4ccc(S(N)(=O)=O)cc4OCC(F)(F)F)sc23)C(F)(F)C1. The molecule has 0 saturated carbocycles. The largest absolute Gasteiger partial charge is 0.482 e. The zero-order valence-corrected chi connectivity index (χ0v) is 24.5. The fraction of sp³-hybridized carbons (Fsp3) is 0.407. The minimum absolute atomic E-state index is 0.0293. The molecule has 1 atom stereocenters. The van der Waals surface area contributed by atoms with Crippen LogP contribution < -0.4 is 20.5 Å². The summed E-state index contributed by atoms with van der Waals surface area (Å²) >= 11 is 0.896. The van der Waals surface area contributed by atoms with Crippen LogP contribution in [-0.2, 0) is 16.4 Å². The van der Waals surface area contributed by atoms with Gasteiger partial charge in [-0.1, -0.05) is 24.0 Å². The van der Waals surface area contributed by atoms with Crippen molar-refractivity contribution in [2.75, 3.05) is 43.9 Å². The van der Waals surface area contributed by atoms with Gasteiger partial charge in [0, 0.05) is 12.6 Å². The minimum Gasteiger partial charge on any atom is -0.482 e. The Morgan fingerprint density at radius 3 is 2.48 bits per heavy atom. The van der Waals surface area contributed by atoms with E-state index in [2.05, 4.69) is 22.5 Å². The number of likely N-dealkylation sites (tertiary alicyclic amines) is 1. The number of alkyl halides is 8. The smallest absolute Gasteiger partial charge is 0.422 e. The zero-order chi connectivity index (χ0) is 32.5. The zero-order valence-electron chi connectivity index (χ0n) is 22.9. The molecule has 1 fully saturated rings. The monoisotopic (exact) mass is 670 g/mol. The maximum atomic E-state index is 14.7. The Hall–Kier alpha value is -3.33. The molecule has 1 aliphatic rings. The van der Waals surface area contributed by atoms with Gasteiger partial charge in [-0.15, -0.1) is 11.3 Å². The summed E-state index contributed by atoms with van der Waals surface area (Å²) in [6, 6.07) is 6.14. The second-order valence-electron chi connectivity index (χ2n) is 10.1. The number of primary sulfonamides is 1. The number of benzene rings is 2. The van der Waals surface area contributed by atoms with Gasteiger partial charge in [0.1, 0.15) is 5.75 Å². The number of ether oxygens (including phenoxy) is 1. The van der Waals surface area contributed by atoms with Crippen molar-refractivity contribution in [2.45, 2.75) is 42.1 Å². The molecule has 0 spiro atoms. The number of nitrogens with zero attached hydrogens (tertiary/aromatic N) is 1. The Morgan fingerprint density at radius 2 is 1.84 bits per heavy atom. The number of halogens is 8. The lowest BCUT2D eigenvalue weighted by Crippen LogP contribution is -2.53. The molecule has 1 unspecified atom stereocenters. The first-order chi connectivity index (χ1) is 20.3. The van der Waals surface area contributed by atoms with Crippen LogP contribution in [0.1, 0.15) is 16.9 Å². The lowest BCUT2D eigenvalue weighted by Gasteiger charge is -2.37. The van der Waals surface area contributed by atoms with Gasteiger partial charge in [-0.25, -0.2) is 22.3 Å². The van der Waals surface area contributed by atoms with Crippen molar-refractivity contribution in [3.05, 3.63) is 46.8 Å². The third-order valence-electron chi connectivity index (χ3n) is 6.56. The average molecular weight is 671 g/mol. The summed E-state index contributed by atoms with van der Waals surface area (Å²) < 4.78 is 137. The van der Waals surface area contributed by atoms with Crippen molar-refractivity contribution in [2.24, 2.45) is 5.14 Å². The fourth-order valence-electron chi connectivity index (χ4n) is 4.60. The van der Waals surface area contributed by atoms with E-state index >= 15 is 0 Å². The maximum absolute atomic E-state index is 14.7. The number of nitrogens with one attached hydrogen (secondary N) is 2. The number of rotatable bonds is 8. The van der Waals surface area contributed by atoms with Crippen LogP contribution in [0.15, 0.2) is 41.3 Å². The summed E-state index contributed by atoms with van der Waals surface area (Å²) in [4.78, 5) is 1.02. The highest BCUT2D eigenvalue weighted by atomic mass is 32.2. The van der Waals surface area contributed by atoms with Gasteiger partial charge in [0.25, 0.3) is 5.92 Å². The molecule has 1 aromatic heterocycles. The van der Waals surface area contributed by atoms with Crippen LogP contribution >= 0.6 is 11.3 Å². The molecule has 4 rings (SSSR count). The van der Waals surface area contributed by atoms with E-state index in [0.717, 1.165) is 29.5 Å². The van der Waals surface area contributed by atoms with Gasteiger partial charge in [0.15, 0.2) is 6.61 Å². The van der Waals surface area contributed by atoms with Crippen molar-refractivity contribution >= 4 is 42.8 Å². The van der Waals surface area contributed by atoms with E-state index in [1.165, 1.54) is 23.1 Å². The average Bonchev–Trinajstić information content (AvgIpc) is 3.22. The molecule has 7 nitrogen and oxygen atoms in total. The fourth-order valence-corrected chi connectivity index (χ4v) is 6.30. The molecule has 0 aliphatic carbocycles. The van der Waals surface area contributed by atoms with E-state index in [9.17, 15) is 43.5 Å². The minimum atomic E-state index is -4.73. The van der Waals surface area contributed by atoms with E-state index < -0.39 is 64.6 Å². The highest BCUT2D eigenvalue weighted by Gasteiger charge is 2.44. The number of anilines is 2. The summed E-state index contributed by atoms with van der Waals surface area (Å²) in [6.45, 7) is -2.08. The maximum Gasteiger partial charge on any atom is 0.422 e.